The number of hydrogen-bond donors (Lipinski definition) is 1. The van der Waals surface area contributed by atoms with E-state index in [1.54, 1.807) is 12.5 Å². The largest absolute Gasteiger partial charge is 0.375 e. The Morgan fingerprint density at radius 2 is 2.00 bits per heavy atom. The fourth-order valence-electron chi connectivity index (χ4n) is 1.74. The second-order valence-electron chi connectivity index (χ2n) is 4.13. The molecule has 1 aromatic heterocycles. The van der Waals surface area contributed by atoms with Gasteiger partial charge in [-0.05, 0) is 24.6 Å². The molecular weight excluding hydrogens is 224 g/mol. The first-order valence-electron chi connectivity index (χ1n) is 6.12. The van der Waals surface area contributed by atoms with Gasteiger partial charge in [0.1, 0.15) is 12.1 Å². The zero-order valence-electron chi connectivity index (χ0n) is 10.6. The number of hydrogen-bond acceptors (Lipinski definition) is 4. The number of anilines is 2. The quantitative estimate of drug-likeness (QED) is 0.790. The highest BCUT2D eigenvalue weighted by Crippen LogP contribution is 2.10. The van der Waals surface area contributed by atoms with E-state index in [2.05, 4.69) is 51.5 Å². The van der Waals surface area contributed by atoms with Crippen molar-refractivity contribution in [2.75, 3.05) is 30.4 Å². The van der Waals surface area contributed by atoms with Crippen molar-refractivity contribution < 1.29 is 0 Å². The molecule has 0 saturated heterocycles. The van der Waals surface area contributed by atoms with Crippen LogP contribution < -0.4 is 10.2 Å². The van der Waals surface area contributed by atoms with E-state index in [4.69, 9.17) is 0 Å². The summed E-state index contributed by atoms with van der Waals surface area (Å²) >= 11 is 0. The summed E-state index contributed by atoms with van der Waals surface area (Å²) in [6.07, 6.45) is 4.36. The van der Waals surface area contributed by atoms with Crippen molar-refractivity contribution in [3.63, 3.8) is 0 Å². The fraction of sp³-hybridized carbons (Fsp3) is 0.286. The summed E-state index contributed by atoms with van der Waals surface area (Å²) < 4.78 is 0. The van der Waals surface area contributed by atoms with Gasteiger partial charge >= 0.3 is 0 Å². The van der Waals surface area contributed by atoms with Crippen molar-refractivity contribution in [3.05, 3.63) is 48.9 Å². The van der Waals surface area contributed by atoms with Gasteiger partial charge in [0.15, 0.2) is 0 Å². The van der Waals surface area contributed by atoms with Gasteiger partial charge in [0, 0.05) is 32.0 Å². The first-order valence-corrected chi connectivity index (χ1v) is 6.12. The van der Waals surface area contributed by atoms with Crippen LogP contribution in [0.3, 0.4) is 0 Å². The zero-order valence-corrected chi connectivity index (χ0v) is 10.6. The Morgan fingerprint density at radius 1 is 1.17 bits per heavy atom. The van der Waals surface area contributed by atoms with Crippen LogP contribution >= 0.6 is 0 Å². The lowest BCUT2D eigenvalue weighted by atomic mass is 10.3. The third kappa shape index (κ3) is 3.73. The molecule has 1 aromatic carbocycles. The molecule has 4 heteroatoms. The van der Waals surface area contributed by atoms with Crippen LogP contribution in [0.15, 0.2) is 48.9 Å². The van der Waals surface area contributed by atoms with Gasteiger partial charge in [-0.1, -0.05) is 18.2 Å². The first kappa shape index (κ1) is 12.4. The molecule has 4 nitrogen and oxygen atoms in total. The third-order valence-corrected chi connectivity index (χ3v) is 2.76. The van der Waals surface area contributed by atoms with Crippen LogP contribution in [-0.4, -0.2) is 30.1 Å². The molecule has 2 rings (SSSR count). The Hall–Kier alpha value is -2.10. The molecule has 0 amide bonds. The minimum absolute atomic E-state index is 0.882. The lowest BCUT2D eigenvalue weighted by molar-refractivity contribution is 0.814. The van der Waals surface area contributed by atoms with Crippen LogP contribution in [-0.2, 0) is 0 Å². The van der Waals surface area contributed by atoms with E-state index >= 15 is 0 Å². The van der Waals surface area contributed by atoms with Crippen LogP contribution in [0.25, 0.3) is 0 Å². The fourth-order valence-corrected chi connectivity index (χ4v) is 1.74. The zero-order chi connectivity index (χ0) is 12.6. The molecule has 0 fully saturated rings. The van der Waals surface area contributed by atoms with Crippen LogP contribution in [0.5, 0.6) is 0 Å². The van der Waals surface area contributed by atoms with E-state index < -0.39 is 0 Å². The maximum absolute atomic E-state index is 4.12. The average molecular weight is 242 g/mol. The van der Waals surface area contributed by atoms with Gasteiger partial charge in [-0.3, -0.25) is 0 Å². The molecule has 94 valence electrons. The summed E-state index contributed by atoms with van der Waals surface area (Å²) in [6.45, 7) is 1.93. The monoisotopic (exact) mass is 242 g/mol. The maximum atomic E-state index is 4.12. The van der Waals surface area contributed by atoms with Gasteiger partial charge in [0.2, 0.25) is 0 Å². The normalized spacial score (nSPS) is 10.1. The standard InChI is InChI=1S/C14H18N4/c1-18(13-6-3-2-4-7-13)11-5-9-16-14-8-10-15-12-17-14/h2-4,6-8,10,12H,5,9,11H2,1H3,(H,15,16,17). The Labute approximate surface area is 108 Å². The van der Waals surface area contributed by atoms with Crippen LogP contribution in [0.1, 0.15) is 6.42 Å². The summed E-state index contributed by atoms with van der Waals surface area (Å²) in [4.78, 5) is 10.3. The molecule has 1 heterocycles. The maximum Gasteiger partial charge on any atom is 0.129 e. The Balaban J connectivity index is 1.70. The molecular formula is C14H18N4. The van der Waals surface area contributed by atoms with Gasteiger partial charge in [-0.25, -0.2) is 9.97 Å². The van der Waals surface area contributed by atoms with Crippen molar-refractivity contribution in [1.29, 1.82) is 0 Å². The second-order valence-corrected chi connectivity index (χ2v) is 4.13. The predicted octanol–water partition coefficient (Wildman–Crippen LogP) is 2.42. The summed E-state index contributed by atoms with van der Waals surface area (Å²) in [6, 6.07) is 12.3. The molecule has 0 bridgehead atoms. The lowest BCUT2D eigenvalue weighted by Crippen LogP contribution is -2.20. The molecule has 1 N–H and O–H groups in total. The molecule has 18 heavy (non-hydrogen) atoms. The molecule has 0 saturated carbocycles. The van der Waals surface area contributed by atoms with Gasteiger partial charge in [0.05, 0.1) is 0 Å². The summed E-state index contributed by atoms with van der Waals surface area (Å²) in [5, 5.41) is 3.27. The molecule has 0 radical (unpaired) electrons. The molecule has 0 unspecified atom stereocenters. The number of para-hydroxylation sites is 1. The molecule has 0 aliphatic rings. The van der Waals surface area contributed by atoms with E-state index in [0.29, 0.717) is 0 Å². The average Bonchev–Trinajstić information content (AvgIpc) is 2.45. The molecule has 0 atom stereocenters. The minimum atomic E-state index is 0.882. The number of nitrogens with zero attached hydrogens (tertiary/aromatic N) is 3. The minimum Gasteiger partial charge on any atom is -0.375 e. The van der Waals surface area contributed by atoms with E-state index in [1.807, 2.05) is 12.1 Å². The first-order chi connectivity index (χ1) is 8.86. The Morgan fingerprint density at radius 3 is 2.72 bits per heavy atom. The van der Waals surface area contributed by atoms with Crippen molar-refractivity contribution in [2.24, 2.45) is 0 Å². The Kier molecular flexibility index (Phi) is 4.53. The lowest BCUT2D eigenvalue weighted by Gasteiger charge is -2.19. The summed E-state index contributed by atoms with van der Waals surface area (Å²) in [5.41, 5.74) is 1.25. The smallest absolute Gasteiger partial charge is 0.129 e. The molecule has 0 aliphatic heterocycles. The molecule has 0 aliphatic carbocycles. The second kappa shape index (κ2) is 6.59. The SMILES string of the molecule is CN(CCCNc1ccncn1)c1ccccc1. The van der Waals surface area contributed by atoms with Gasteiger partial charge < -0.3 is 10.2 Å². The van der Waals surface area contributed by atoms with Crippen LogP contribution in [0.4, 0.5) is 11.5 Å². The van der Waals surface area contributed by atoms with Gasteiger partial charge in [-0.2, -0.15) is 0 Å². The Bertz CT molecular complexity index is 444. The van der Waals surface area contributed by atoms with Gasteiger partial charge in [-0.15, -0.1) is 0 Å². The van der Waals surface area contributed by atoms with Crippen molar-refractivity contribution >= 4 is 11.5 Å². The van der Waals surface area contributed by atoms with Gasteiger partial charge in [0.25, 0.3) is 0 Å². The number of nitrogens with one attached hydrogen (secondary N) is 1. The number of aromatic nitrogens is 2. The van der Waals surface area contributed by atoms with E-state index in [0.717, 1.165) is 25.3 Å². The van der Waals surface area contributed by atoms with Crippen molar-refractivity contribution in [3.8, 4) is 0 Å². The van der Waals surface area contributed by atoms with E-state index in [9.17, 15) is 0 Å². The van der Waals surface area contributed by atoms with Crippen LogP contribution in [0, 0.1) is 0 Å². The van der Waals surface area contributed by atoms with E-state index in [1.165, 1.54) is 5.69 Å². The highest BCUT2D eigenvalue weighted by atomic mass is 15.1. The third-order valence-electron chi connectivity index (χ3n) is 2.76. The summed E-state index contributed by atoms with van der Waals surface area (Å²) in [5.74, 6) is 0.882. The topological polar surface area (TPSA) is 41.0 Å². The molecule has 0 spiro atoms. The number of rotatable bonds is 6. The highest BCUT2D eigenvalue weighted by molar-refractivity contribution is 5.44. The number of benzene rings is 1. The van der Waals surface area contributed by atoms with Crippen molar-refractivity contribution in [1.82, 2.24) is 9.97 Å². The summed E-state index contributed by atoms with van der Waals surface area (Å²) in [7, 11) is 2.11. The van der Waals surface area contributed by atoms with E-state index in [-0.39, 0.29) is 0 Å². The predicted molar refractivity (Wildman–Crippen MR) is 74.9 cm³/mol. The molecule has 2 aromatic rings. The van der Waals surface area contributed by atoms with Crippen LogP contribution in [0.2, 0.25) is 0 Å². The highest BCUT2D eigenvalue weighted by Gasteiger charge is 1.99. The van der Waals surface area contributed by atoms with Crippen molar-refractivity contribution in [2.45, 2.75) is 6.42 Å².